The highest BCUT2D eigenvalue weighted by Gasteiger charge is 2.33. The Balaban J connectivity index is 1.13. The molecular formula is C38H40Cl2N6O3. The number of fused-ring (bicyclic) bond motifs is 1. The fourth-order valence-corrected chi connectivity index (χ4v) is 7.99. The molecule has 3 N–H and O–H groups in total. The van der Waals surface area contributed by atoms with Crippen molar-refractivity contribution in [3.05, 3.63) is 87.5 Å². The summed E-state index contributed by atoms with van der Waals surface area (Å²) in [5, 5.41) is 10.6. The number of hydrogen-bond acceptors (Lipinski definition) is 7. The van der Waals surface area contributed by atoms with Crippen LogP contribution in [0.2, 0.25) is 10.0 Å². The minimum absolute atomic E-state index is 0.0547. The minimum Gasteiger partial charge on any atom is -0.481 e. The fraction of sp³-hybridized carbons (Fsp3) is 0.368. The highest BCUT2D eigenvalue weighted by atomic mass is 35.5. The van der Waals surface area contributed by atoms with Crippen molar-refractivity contribution in [1.29, 1.82) is 0 Å². The molecule has 11 heteroatoms. The van der Waals surface area contributed by atoms with Gasteiger partial charge < -0.3 is 20.7 Å². The molecule has 0 saturated carbocycles. The maximum absolute atomic E-state index is 11.9. The average molecular weight is 700 g/mol. The Hall–Kier alpha value is -4.02. The number of carbonyl (C=O) groups excluding carboxylic acids is 2. The Kier molecular flexibility index (Phi) is 9.87. The lowest BCUT2D eigenvalue weighted by atomic mass is 9.89. The molecule has 2 aromatic heterocycles. The number of ether oxygens (including phenoxy) is 1. The van der Waals surface area contributed by atoms with E-state index in [4.69, 9.17) is 37.9 Å². The van der Waals surface area contributed by atoms with Crippen LogP contribution in [0.4, 0.5) is 0 Å². The summed E-state index contributed by atoms with van der Waals surface area (Å²) in [6, 6.07) is 20.4. The quantitative estimate of drug-likeness (QED) is 0.169. The van der Waals surface area contributed by atoms with Gasteiger partial charge in [-0.25, -0.2) is 4.98 Å². The molecule has 254 valence electrons. The van der Waals surface area contributed by atoms with Crippen LogP contribution >= 0.6 is 23.2 Å². The van der Waals surface area contributed by atoms with Crippen molar-refractivity contribution in [2.45, 2.75) is 69.7 Å². The number of nitrogens with one attached hydrogen (secondary N) is 3. The van der Waals surface area contributed by atoms with Crippen LogP contribution in [0.25, 0.3) is 33.6 Å². The van der Waals surface area contributed by atoms with E-state index in [1.165, 1.54) is 5.56 Å². The van der Waals surface area contributed by atoms with Crippen LogP contribution in [-0.2, 0) is 22.6 Å². The fourth-order valence-electron chi connectivity index (χ4n) is 7.35. The van der Waals surface area contributed by atoms with E-state index in [0.717, 1.165) is 71.3 Å². The molecule has 9 nitrogen and oxygen atoms in total. The molecular weight excluding hydrogens is 659 g/mol. The summed E-state index contributed by atoms with van der Waals surface area (Å²) in [6.07, 6.45) is 5.84. The van der Waals surface area contributed by atoms with Crippen molar-refractivity contribution in [3.63, 3.8) is 0 Å². The van der Waals surface area contributed by atoms with Gasteiger partial charge in [-0.05, 0) is 56.8 Å². The lowest BCUT2D eigenvalue weighted by Gasteiger charge is -2.36. The second-order valence-electron chi connectivity index (χ2n) is 13.1. The number of amides is 2. The summed E-state index contributed by atoms with van der Waals surface area (Å²) in [5.74, 6) is 0.738. The second-order valence-corrected chi connectivity index (χ2v) is 13.8. The first-order valence-electron chi connectivity index (χ1n) is 16.9. The number of aryl methyl sites for hydroxylation is 1. The van der Waals surface area contributed by atoms with Gasteiger partial charge in [0.05, 0.1) is 34.7 Å². The summed E-state index contributed by atoms with van der Waals surface area (Å²) in [4.78, 5) is 35.6. The Bertz CT molecular complexity index is 1900. The number of hydrogen-bond donors (Lipinski definition) is 3. The van der Waals surface area contributed by atoms with Gasteiger partial charge in [-0.1, -0.05) is 71.7 Å². The molecule has 2 fully saturated rings. The molecule has 0 bridgehead atoms. The van der Waals surface area contributed by atoms with E-state index in [1.54, 1.807) is 7.11 Å². The minimum atomic E-state index is 0.0547. The average Bonchev–Trinajstić information content (AvgIpc) is 3.75. The molecule has 0 spiro atoms. The maximum Gasteiger partial charge on any atom is 0.221 e. The number of carbonyl (C=O) groups is 2. The smallest absolute Gasteiger partial charge is 0.221 e. The van der Waals surface area contributed by atoms with Gasteiger partial charge >= 0.3 is 0 Å². The molecule has 2 saturated heterocycles. The second kappa shape index (κ2) is 14.5. The lowest BCUT2D eigenvalue weighted by Crippen LogP contribution is -2.43. The van der Waals surface area contributed by atoms with Gasteiger partial charge in [-0.2, -0.15) is 0 Å². The van der Waals surface area contributed by atoms with Crippen LogP contribution in [0.1, 0.15) is 61.4 Å². The van der Waals surface area contributed by atoms with E-state index in [-0.39, 0.29) is 30.1 Å². The van der Waals surface area contributed by atoms with Gasteiger partial charge in [0.1, 0.15) is 0 Å². The monoisotopic (exact) mass is 698 g/mol. The Morgan fingerprint density at radius 3 is 2.12 bits per heavy atom. The topological polar surface area (TPSA) is 108 Å². The predicted molar refractivity (Wildman–Crippen MR) is 192 cm³/mol. The van der Waals surface area contributed by atoms with Crippen LogP contribution < -0.4 is 20.7 Å². The van der Waals surface area contributed by atoms with Crippen molar-refractivity contribution in [2.24, 2.45) is 0 Å². The number of aromatic nitrogens is 2. The highest BCUT2D eigenvalue weighted by molar-refractivity contribution is 6.39. The Labute approximate surface area is 296 Å². The molecule has 2 amide bonds. The SMILES string of the molecule is COc1nc(-c2cccc(-c3cccc(-c4ccc5c(n4)CCCC5N(C)[C@H]4CCC(=O)N4)c3Cl)c2Cl)ccc1CNC[C@@H]1CCC(=O)N1. The van der Waals surface area contributed by atoms with Gasteiger partial charge in [0.25, 0.3) is 0 Å². The molecule has 2 aliphatic heterocycles. The molecule has 2 aromatic carbocycles. The standard InChI is InChI=1S/C38H40Cl2N6O3/c1-46(33-17-19-35(48)45-33)32-11-5-10-29-26(32)14-16-30(43-29)27-8-3-6-24(36(27)39)25-7-4-9-28(37(25)40)31-15-12-22(38(44-31)49-2)20-41-21-23-13-18-34(47)42-23/h3-4,6-9,12,14-16,23,32-33,41H,5,10-11,13,17-21H2,1-2H3,(H,42,47)(H,45,48)/t23-,32?,33-/m0/s1. The third-order valence-corrected chi connectivity index (χ3v) is 10.8. The molecule has 0 radical (unpaired) electrons. The number of rotatable bonds is 10. The largest absolute Gasteiger partial charge is 0.481 e. The summed E-state index contributed by atoms with van der Waals surface area (Å²) in [6.45, 7) is 1.25. The van der Waals surface area contributed by atoms with E-state index >= 15 is 0 Å². The summed E-state index contributed by atoms with van der Waals surface area (Å²) < 4.78 is 5.66. The molecule has 7 rings (SSSR count). The van der Waals surface area contributed by atoms with Crippen LogP contribution in [0.5, 0.6) is 5.88 Å². The van der Waals surface area contributed by atoms with Crippen LogP contribution in [0.15, 0.2) is 60.7 Å². The first kappa shape index (κ1) is 33.5. The molecule has 49 heavy (non-hydrogen) atoms. The zero-order valence-corrected chi connectivity index (χ0v) is 29.2. The van der Waals surface area contributed by atoms with E-state index in [0.29, 0.717) is 47.6 Å². The number of halogens is 2. The van der Waals surface area contributed by atoms with Gasteiger partial charge in [0.15, 0.2) is 0 Å². The van der Waals surface area contributed by atoms with Crippen molar-refractivity contribution >= 4 is 35.0 Å². The first-order chi connectivity index (χ1) is 23.8. The number of pyridine rings is 2. The van der Waals surface area contributed by atoms with Crippen molar-refractivity contribution in [1.82, 2.24) is 30.8 Å². The molecule has 1 unspecified atom stereocenters. The normalized spacial score (nSPS) is 20.3. The number of benzene rings is 2. The molecule has 3 atom stereocenters. The lowest BCUT2D eigenvalue weighted by molar-refractivity contribution is -0.120. The zero-order valence-electron chi connectivity index (χ0n) is 27.7. The maximum atomic E-state index is 11.9. The van der Waals surface area contributed by atoms with Crippen LogP contribution in [-0.4, -0.2) is 59.6 Å². The molecule has 4 heterocycles. The Morgan fingerprint density at radius 1 is 0.816 bits per heavy atom. The molecule has 1 aliphatic carbocycles. The van der Waals surface area contributed by atoms with Crippen molar-refractivity contribution in [3.8, 4) is 39.5 Å². The summed E-state index contributed by atoms with van der Waals surface area (Å²) in [7, 11) is 3.71. The van der Waals surface area contributed by atoms with Crippen molar-refractivity contribution < 1.29 is 14.3 Å². The van der Waals surface area contributed by atoms with Gasteiger partial charge in [0.2, 0.25) is 17.7 Å². The van der Waals surface area contributed by atoms with Gasteiger partial charge in [0, 0.05) is 71.5 Å². The van der Waals surface area contributed by atoms with E-state index in [2.05, 4.69) is 40.0 Å². The van der Waals surface area contributed by atoms with Crippen molar-refractivity contribution in [2.75, 3.05) is 20.7 Å². The summed E-state index contributed by atoms with van der Waals surface area (Å²) in [5.41, 5.74) is 7.95. The highest BCUT2D eigenvalue weighted by Crippen LogP contribution is 2.43. The van der Waals surface area contributed by atoms with E-state index in [9.17, 15) is 9.59 Å². The van der Waals surface area contributed by atoms with Gasteiger partial charge in [-0.3, -0.25) is 19.5 Å². The van der Waals surface area contributed by atoms with Gasteiger partial charge in [-0.15, -0.1) is 0 Å². The zero-order chi connectivity index (χ0) is 34.1. The molecule has 4 aromatic rings. The predicted octanol–water partition coefficient (Wildman–Crippen LogP) is 6.71. The number of methoxy groups -OCH3 is 1. The third-order valence-electron chi connectivity index (χ3n) is 9.98. The Morgan fingerprint density at radius 2 is 1.47 bits per heavy atom. The number of nitrogens with zero attached hydrogens (tertiary/aromatic N) is 3. The van der Waals surface area contributed by atoms with E-state index < -0.39 is 0 Å². The van der Waals surface area contributed by atoms with Crippen LogP contribution in [0.3, 0.4) is 0 Å². The summed E-state index contributed by atoms with van der Waals surface area (Å²) >= 11 is 14.3. The van der Waals surface area contributed by atoms with E-state index in [1.807, 2.05) is 48.5 Å². The first-order valence-corrected chi connectivity index (χ1v) is 17.7. The third kappa shape index (κ3) is 6.90. The van der Waals surface area contributed by atoms with Crippen LogP contribution in [0, 0.1) is 0 Å². The molecule has 3 aliphatic rings.